The quantitative estimate of drug-likeness (QED) is 0.498. The molecule has 0 spiro atoms. The molecule has 3 nitrogen and oxygen atoms in total. The molecule has 2 saturated heterocycles. The molecule has 0 unspecified atom stereocenters. The van der Waals surface area contributed by atoms with Crippen molar-refractivity contribution in [3.8, 4) is 0 Å². The van der Waals surface area contributed by atoms with Crippen LogP contribution in [0.5, 0.6) is 0 Å². The highest BCUT2D eigenvalue weighted by Crippen LogP contribution is 2.15. The van der Waals surface area contributed by atoms with Crippen LogP contribution >= 0.6 is 0 Å². The Morgan fingerprint density at radius 2 is 2.22 bits per heavy atom. The van der Waals surface area contributed by atoms with Gasteiger partial charge in [0.05, 0.1) is 25.9 Å². The van der Waals surface area contributed by atoms with Crippen molar-refractivity contribution in [1.29, 1.82) is 0 Å². The molecule has 0 N–H and O–H groups in total. The van der Waals surface area contributed by atoms with Gasteiger partial charge in [-0.25, -0.2) is 0 Å². The SMILES string of the molecule is C1CON(C2COC2)C1. The summed E-state index contributed by atoms with van der Waals surface area (Å²) in [6.45, 7) is 3.71. The van der Waals surface area contributed by atoms with Crippen molar-refractivity contribution in [2.24, 2.45) is 0 Å². The number of hydrogen-bond acceptors (Lipinski definition) is 3. The molecular formula is C6H11NO2. The Kier molecular flexibility index (Phi) is 1.41. The second kappa shape index (κ2) is 2.25. The lowest BCUT2D eigenvalue weighted by molar-refractivity contribution is -0.205. The van der Waals surface area contributed by atoms with E-state index in [9.17, 15) is 0 Å². The lowest BCUT2D eigenvalue weighted by Gasteiger charge is -2.32. The molecule has 9 heavy (non-hydrogen) atoms. The van der Waals surface area contributed by atoms with Gasteiger partial charge in [0, 0.05) is 6.54 Å². The molecule has 0 aliphatic carbocycles. The summed E-state index contributed by atoms with van der Waals surface area (Å²) in [6, 6.07) is 0.562. The number of nitrogens with zero attached hydrogens (tertiary/aromatic N) is 1. The first kappa shape index (κ1) is 5.65. The Morgan fingerprint density at radius 1 is 1.33 bits per heavy atom. The van der Waals surface area contributed by atoms with Gasteiger partial charge in [0.2, 0.25) is 0 Å². The van der Waals surface area contributed by atoms with Crippen molar-refractivity contribution in [2.75, 3.05) is 26.4 Å². The lowest BCUT2D eigenvalue weighted by atomic mass is 10.2. The summed E-state index contributed by atoms with van der Waals surface area (Å²) in [7, 11) is 0. The van der Waals surface area contributed by atoms with E-state index in [1.54, 1.807) is 0 Å². The highest BCUT2D eigenvalue weighted by molar-refractivity contribution is 4.73. The summed E-state index contributed by atoms with van der Waals surface area (Å²) in [6.07, 6.45) is 1.18. The first-order valence-electron chi connectivity index (χ1n) is 3.44. The minimum absolute atomic E-state index is 0.562. The first-order chi connectivity index (χ1) is 4.47. The molecule has 0 saturated carbocycles. The molecule has 0 aromatic heterocycles. The van der Waals surface area contributed by atoms with Gasteiger partial charge in [-0.05, 0) is 6.42 Å². The Hall–Kier alpha value is -0.120. The van der Waals surface area contributed by atoms with Crippen LogP contribution < -0.4 is 0 Å². The molecule has 2 heterocycles. The summed E-state index contributed by atoms with van der Waals surface area (Å²) in [5.74, 6) is 0. The van der Waals surface area contributed by atoms with Gasteiger partial charge < -0.3 is 4.74 Å². The van der Waals surface area contributed by atoms with E-state index < -0.39 is 0 Å². The second-order valence-corrected chi connectivity index (χ2v) is 2.52. The van der Waals surface area contributed by atoms with Crippen molar-refractivity contribution in [2.45, 2.75) is 12.5 Å². The smallest absolute Gasteiger partial charge is 0.0819 e. The van der Waals surface area contributed by atoms with Gasteiger partial charge in [0.15, 0.2) is 0 Å². The van der Waals surface area contributed by atoms with Crippen LogP contribution in [0.3, 0.4) is 0 Å². The van der Waals surface area contributed by atoms with Crippen LogP contribution in [0.2, 0.25) is 0 Å². The fourth-order valence-corrected chi connectivity index (χ4v) is 1.14. The summed E-state index contributed by atoms with van der Waals surface area (Å²) in [5, 5.41) is 2.05. The zero-order valence-electron chi connectivity index (χ0n) is 5.38. The molecule has 2 aliphatic heterocycles. The Morgan fingerprint density at radius 3 is 2.67 bits per heavy atom. The minimum Gasteiger partial charge on any atom is -0.378 e. The molecule has 2 rings (SSSR count). The molecule has 0 amide bonds. The van der Waals surface area contributed by atoms with Gasteiger partial charge in [-0.1, -0.05) is 0 Å². The summed E-state index contributed by atoms with van der Waals surface area (Å²) in [4.78, 5) is 5.31. The highest BCUT2D eigenvalue weighted by Gasteiger charge is 2.28. The van der Waals surface area contributed by atoms with E-state index in [0.717, 1.165) is 26.4 Å². The van der Waals surface area contributed by atoms with Gasteiger partial charge in [0.25, 0.3) is 0 Å². The minimum atomic E-state index is 0.562. The standard InChI is InChI=1S/C6H11NO2/c1-2-7(9-3-1)6-4-8-5-6/h6H,1-5H2. The van der Waals surface area contributed by atoms with E-state index in [-0.39, 0.29) is 0 Å². The predicted molar refractivity (Wildman–Crippen MR) is 31.9 cm³/mol. The normalized spacial score (nSPS) is 30.7. The van der Waals surface area contributed by atoms with Gasteiger partial charge in [-0.3, -0.25) is 4.84 Å². The topological polar surface area (TPSA) is 21.7 Å². The van der Waals surface area contributed by atoms with Crippen molar-refractivity contribution in [1.82, 2.24) is 5.06 Å². The summed E-state index contributed by atoms with van der Waals surface area (Å²) in [5.41, 5.74) is 0. The largest absolute Gasteiger partial charge is 0.378 e. The maximum absolute atomic E-state index is 5.31. The van der Waals surface area contributed by atoms with Crippen LogP contribution in [0.1, 0.15) is 6.42 Å². The van der Waals surface area contributed by atoms with Crippen molar-refractivity contribution in [3.63, 3.8) is 0 Å². The van der Waals surface area contributed by atoms with Crippen LogP contribution in [-0.4, -0.2) is 37.5 Å². The third-order valence-electron chi connectivity index (χ3n) is 1.81. The van der Waals surface area contributed by atoms with Crippen molar-refractivity contribution < 1.29 is 9.57 Å². The van der Waals surface area contributed by atoms with E-state index >= 15 is 0 Å². The Bertz CT molecular complexity index is 97.2. The van der Waals surface area contributed by atoms with E-state index in [0.29, 0.717) is 6.04 Å². The average molecular weight is 129 g/mol. The molecule has 52 valence electrons. The van der Waals surface area contributed by atoms with Crippen LogP contribution in [0, 0.1) is 0 Å². The first-order valence-corrected chi connectivity index (χ1v) is 3.44. The molecule has 2 fully saturated rings. The number of hydroxylamine groups is 2. The highest BCUT2D eigenvalue weighted by atomic mass is 16.7. The van der Waals surface area contributed by atoms with Crippen molar-refractivity contribution in [3.05, 3.63) is 0 Å². The van der Waals surface area contributed by atoms with Crippen LogP contribution in [0.4, 0.5) is 0 Å². The zero-order valence-corrected chi connectivity index (χ0v) is 5.38. The molecule has 0 radical (unpaired) electrons. The van der Waals surface area contributed by atoms with Gasteiger partial charge >= 0.3 is 0 Å². The maximum Gasteiger partial charge on any atom is 0.0819 e. The summed E-state index contributed by atoms with van der Waals surface area (Å²) < 4.78 is 5.03. The van der Waals surface area contributed by atoms with Gasteiger partial charge in [-0.2, -0.15) is 5.06 Å². The van der Waals surface area contributed by atoms with E-state index in [2.05, 4.69) is 0 Å². The fraction of sp³-hybridized carbons (Fsp3) is 1.00. The monoisotopic (exact) mass is 129 g/mol. The molecule has 2 aliphatic rings. The van der Waals surface area contributed by atoms with Gasteiger partial charge in [0.1, 0.15) is 0 Å². The fourth-order valence-electron chi connectivity index (χ4n) is 1.14. The number of rotatable bonds is 1. The van der Waals surface area contributed by atoms with Crippen LogP contribution in [0.25, 0.3) is 0 Å². The zero-order chi connectivity index (χ0) is 6.10. The summed E-state index contributed by atoms with van der Waals surface area (Å²) >= 11 is 0. The van der Waals surface area contributed by atoms with E-state index in [4.69, 9.17) is 9.57 Å². The van der Waals surface area contributed by atoms with E-state index in [1.807, 2.05) is 5.06 Å². The molecule has 0 bridgehead atoms. The molecule has 0 aromatic rings. The predicted octanol–water partition coefficient (Wildman–Crippen LogP) is 0.0225. The van der Waals surface area contributed by atoms with Crippen LogP contribution in [-0.2, 0) is 9.57 Å². The average Bonchev–Trinajstić information content (AvgIpc) is 2.11. The van der Waals surface area contributed by atoms with Gasteiger partial charge in [-0.15, -0.1) is 0 Å². The number of ether oxygens (including phenoxy) is 1. The lowest BCUT2D eigenvalue weighted by Crippen LogP contribution is -2.46. The maximum atomic E-state index is 5.31. The number of hydrogen-bond donors (Lipinski definition) is 0. The Balaban J connectivity index is 1.82. The van der Waals surface area contributed by atoms with E-state index in [1.165, 1.54) is 6.42 Å². The van der Waals surface area contributed by atoms with Crippen molar-refractivity contribution >= 4 is 0 Å². The van der Waals surface area contributed by atoms with Crippen LogP contribution in [0.15, 0.2) is 0 Å². The molecule has 3 heteroatoms. The Labute approximate surface area is 54.5 Å². The third kappa shape index (κ3) is 0.956. The molecule has 0 atom stereocenters. The molecular weight excluding hydrogens is 118 g/mol. The second-order valence-electron chi connectivity index (χ2n) is 2.52. The third-order valence-corrected chi connectivity index (χ3v) is 1.81. The molecule has 0 aromatic carbocycles.